The van der Waals surface area contributed by atoms with Crippen molar-refractivity contribution in [2.75, 3.05) is 10.6 Å². The fourth-order valence-electron chi connectivity index (χ4n) is 8.50. The van der Waals surface area contributed by atoms with Crippen LogP contribution in [0.3, 0.4) is 0 Å². The highest BCUT2D eigenvalue weighted by atomic mass is 16.3. The number of hydrogen-bond donors (Lipinski definition) is 6. The number of nitrogens with zero attached hydrogens (tertiary/aromatic N) is 2. The van der Waals surface area contributed by atoms with E-state index in [2.05, 4.69) is 20.6 Å². The van der Waals surface area contributed by atoms with Gasteiger partial charge in [-0.15, -0.1) is 0 Å². The Balaban J connectivity index is 1.04. The maximum Gasteiger partial charge on any atom is 0.321 e. The lowest BCUT2D eigenvalue weighted by atomic mass is 9.90. The number of aliphatic hydroxyl groups is 2. The molecule has 1 aliphatic rings. The van der Waals surface area contributed by atoms with Crippen LogP contribution in [0.5, 0.6) is 0 Å². The van der Waals surface area contributed by atoms with Crippen LogP contribution < -0.4 is 10.6 Å². The van der Waals surface area contributed by atoms with Gasteiger partial charge in [-0.25, -0.2) is 4.79 Å². The lowest BCUT2D eigenvalue weighted by molar-refractivity contribution is -0.0408. The third-order valence-electron chi connectivity index (χ3n) is 11.6. The van der Waals surface area contributed by atoms with Gasteiger partial charge in [0, 0.05) is 46.0 Å². The second kappa shape index (κ2) is 17.6. The van der Waals surface area contributed by atoms with Crippen molar-refractivity contribution >= 4 is 51.3 Å². The summed E-state index contributed by atoms with van der Waals surface area (Å²) in [4.78, 5) is 52.3. The first-order valence-corrected chi connectivity index (χ1v) is 20.7. The molecule has 0 unspecified atom stereocenters. The van der Waals surface area contributed by atoms with E-state index >= 15 is 4.79 Å². The number of carbonyl (C=O) groups excluding carboxylic acids is 3. The molecule has 11 heteroatoms. The zero-order valence-electron chi connectivity index (χ0n) is 33.8. The first-order chi connectivity index (χ1) is 30.3. The van der Waals surface area contributed by atoms with Gasteiger partial charge in [-0.05, 0) is 83.6 Å². The Bertz CT molecular complexity index is 2600. The minimum Gasteiger partial charge on any atom is -0.388 e. The molecule has 310 valence electrons. The molecule has 6 N–H and O–H groups in total. The van der Waals surface area contributed by atoms with Gasteiger partial charge in [0.25, 0.3) is 11.8 Å². The summed E-state index contributed by atoms with van der Waals surface area (Å²) in [6, 6.07) is 50.5. The van der Waals surface area contributed by atoms with Crippen LogP contribution in [0.1, 0.15) is 43.0 Å². The molecule has 2 aromatic heterocycles. The number of anilines is 2. The highest BCUT2D eigenvalue weighted by Crippen LogP contribution is 2.31. The molecule has 1 saturated heterocycles. The predicted octanol–water partition coefficient (Wildman–Crippen LogP) is 8.54. The van der Waals surface area contributed by atoms with Gasteiger partial charge < -0.3 is 40.6 Å². The number of nitrogens with one attached hydrogen (secondary N) is 4. The van der Waals surface area contributed by atoms with Crippen LogP contribution in [0.15, 0.2) is 170 Å². The predicted molar refractivity (Wildman–Crippen MR) is 242 cm³/mol. The summed E-state index contributed by atoms with van der Waals surface area (Å²) in [6.07, 6.45) is -2.17. The number of urea groups is 1. The molecular formula is C51H46N6O5. The van der Waals surface area contributed by atoms with Crippen molar-refractivity contribution in [3.05, 3.63) is 203 Å². The quantitative estimate of drug-likeness (QED) is 0.0730. The molecule has 4 amide bonds. The molecule has 0 radical (unpaired) electrons. The molecule has 3 heterocycles. The SMILES string of the molecule is O=C(Nc1cc2ccccc2[nH]1)c1cccc(CN2C(=O)N(Cc3cccc(C(=O)Nc4cc5ccccc5[nH]4)c3)[C@H](Cc3ccccc3)[C@H](O)[C@@H](O)[C@H]2Cc2ccccc2)c1. The van der Waals surface area contributed by atoms with E-state index in [0.717, 1.165) is 32.9 Å². The standard InChI is InChI=1S/C51H46N6O5/c58-47-43(27-33-13-3-1-4-14-33)56(31-35-17-11-21-39(25-35)49(60)54-45-29-37-19-7-9-23-41(37)52-45)51(62)57(44(48(47)59)28-34-15-5-2-6-16-34)32-36-18-12-22-40(26-36)50(61)55-46-30-38-20-8-10-24-42(38)53-46/h1-26,29-30,43-44,47-48,52-53,58-59H,27-28,31-32H2,(H,54,60)(H,55,61)/t43-,44-,47+,48+/m1/s1. The highest BCUT2D eigenvalue weighted by molar-refractivity contribution is 6.06. The lowest BCUT2D eigenvalue weighted by Gasteiger charge is -2.36. The van der Waals surface area contributed by atoms with E-state index in [1.54, 1.807) is 46.2 Å². The fraction of sp³-hybridized carbons (Fsp3) is 0.157. The summed E-state index contributed by atoms with van der Waals surface area (Å²) in [5.41, 5.74) is 5.69. The number of H-pyrrole nitrogens is 2. The van der Waals surface area contributed by atoms with Crippen molar-refractivity contribution in [1.29, 1.82) is 0 Å². The monoisotopic (exact) mass is 822 g/mol. The summed E-state index contributed by atoms with van der Waals surface area (Å²) in [5, 5.41) is 32.4. The number of benzene rings is 6. The number of hydrogen-bond acceptors (Lipinski definition) is 5. The van der Waals surface area contributed by atoms with Crippen LogP contribution in [0.25, 0.3) is 21.8 Å². The maximum atomic E-state index is 15.4. The van der Waals surface area contributed by atoms with Crippen LogP contribution in [-0.2, 0) is 25.9 Å². The first kappa shape index (κ1) is 40.0. The van der Waals surface area contributed by atoms with E-state index < -0.39 is 30.3 Å². The average molecular weight is 823 g/mol. The van der Waals surface area contributed by atoms with E-state index in [1.165, 1.54) is 0 Å². The second-order valence-corrected chi connectivity index (χ2v) is 15.9. The minimum absolute atomic E-state index is 0.0368. The van der Waals surface area contributed by atoms with Gasteiger partial charge in [0.15, 0.2) is 0 Å². The third kappa shape index (κ3) is 8.71. The summed E-state index contributed by atoms with van der Waals surface area (Å²) >= 11 is 0. The van der Waals surface area contributed by atoms with Crippen molar-refractivity contribution in [2.45, 2.75) is 50.2 Å². The van der Waals surface area contributed by atoms with Crippen LogP contribution in [-0.4, -0.2) is 72.1 Å². The number of aromatic amines is 2. The van der Waals surface area contributed by atoms with Crippen molar-refractivity contribution in [2.24, 2.45) is 0 Å². The number of carbonyl (C=O) groups is 3. The Kier molecular flexibility index (Phi) is 11.4. The average Bonchev–Trinajstić information content (AvgIpc) is 3.90. The fourth-order valence-corrected chi connectivity index (χ4v) is 8.50. The number of rotatable bonds is 12. The smallest absolute Gasteiger partial charge is 0.321 e. The summed E-state index contributed by atoms with van der Waals surface area (Å²) in [5.74, 6) is 0.470. The van der Waals surface area contributed by atoms with Crippen molar-refractivity contribution in [1.82, 2.24) is 19.8 Å². The van der Waals surface area contributed by atoms with Crippen molar-refractivity contribution in [3.63, 3.8) is 0 Å². The molecular weight excluding hydrogens is 777 g/mol. The molecule has 11 nitrogen and oxygen atoms in total. The maximum absolute atomic E-state index is 15.4. The van der Waals surface area contributed by atoms with E-state index in [4.69, 9.17) is 0 Å². The molecule has 1 fully saturated rings. The topological polar surface area (TPSA) is 154 Å². The van der Waals surface area contributed by atoms with Gasteiger partial charge in [-0.1, -0.05) is 121 Å². The first-order valence-electron chi connectivity index (χ1n) is 20.7. The Morgan fingerprint density at radius 2 is 0.871 bits per heavy atom. The molecule has 1 aliphatic heterocycles. The Morgan fingerprint density at radius 1 is 0.484 bits per heavy atom. The van der Waals surface area contributed by atoms with Crippen LogP contribution in [0.4, 0.5) is 16.4 Å². The van der Waals surface area contributed by atoms with Crippen LogP contribution in [0, 0.1) is 0 Å². The lowest BCUT2D eigenvalue weighted by Crippen LogP contribution is -2.50. The van der Waals surface area contributed by atoms with E-state index in [0.29, 0.717) is 33.9 Å². The Labute approximate surface area is 358 Å². The normalized spacial score (nSPS) is 17.9. The van der Waals surface area contributed by atoms with Crippen LogP contribution >= 0.6 is 0 Å². The van der Waals surface area contributed by atoms with E-state index in [-0.39, 0.29) is 37.7 Å². The van der Waals surface area contributed by atoms with Gasteiger partial charge >= 0.3 is 6.03 Å². The molecule has 0 spiro atoms. The summed E-state index contributed by atoms with van der Waals surface area (Å²) in [6.45, 7) is 0.0737. The number of aliphatic hydroxyl groups excluding tert-OH is 2. The number of amides is 4. The molecule has 8 aromatic rings. The Hall–Kier alpha value is -7.47. The summed E-state index contributed by atoms with van der Waals surface area (Å²) < 4.78 is 0. The number of aromatic nitrogens is 2. The van der Waals surface area contributed by atoms with Gasteiger partial charge in [-0.3, -0.25) is 9.59 Å². The molecule has 9 rings (SSSR count). The molecule has 4 atom stereocenters. The van der Waals surface area contributed by atoms with Crippen molar-refractivity contribution in [3.8, 4) is 0 Å². The minimum atomic E-state index is -1.35. The van der Waals surface area contributed by atoms with E-state index in [1.807, 2.05) is 133 Å². The van der Waals surface area contributed by atoms with Gasteiger partial charge in [-0.2, -0.15) is 0 Å². The van der Waals surface area contributed by atoms with Crippen molar-refractivity contribution < 1.29 is 24.6 Å². The Morgan fingerprint density at radius 3 is 1.29 bits per heavy atom. The molecule has 6 aromatic carbocycles. The van der Waals surface area contributed by atoms with Gasteiger partial charge in [0.2, 0.25) is 0 Å². The van der Waals surface area contributed by atoms with Gasteiger partial charge in [0.1, 0.15) is 23.8 Å². The zero-order chi connectivity index (χ0) is 42.6. The number of fused-ring (bicyclic) bond motifs is 2. The molecule has 0 saturated carbocycles. The van der Waals surface area contributed by atoms with Gasteiger partial charge in [0.05, 0.1) is 12.1 Å². The highest BCUT2D eigenvalue weighted by Gasteiger charge is 2.46. The molecule has 62 heavy (non-hydrogen) atoms. The molecule has 0 bridgehead atoms. The largest absolute Gasteiger partial charge is 0.388 e. The second-order valence-electron chi connectivity index (χ2n) is 15.9. The molecule has 0 aliphatic carbocycles. The third-order valence-corrected chi connectivity index (χ3v) is 11.6. The zero-order valence-corrected chi connectivity index (χ0v) is 33.8. The van der Waals surface area contributed by atoms with Crippen LogP contribution in [0.2, 0.25) is 0 Å². The van der Waals surface area contributed by atoms with E-state index in [9.17, 15) is 19.8 Å². The summed E-state index contributed by atoms with van der Waals surface area (Å²) in [7, 11) is 0. The number of para-hydroxylation sites is 2.